The van der Waals surface area contributed by atoms with Gasteiger partial charge < -0.3 is 10.6 Å². The molecular weight excluding hydrogens is 196 g/mol. The number of anilines is 1. The molecule has 0 saturated carbocycles. The molecule has 1 aromatic rings. The first-order chi connectivity index (χ1) is 7.53. The molecule has 0 radical (unpaired) electrons. The minimum Gasteiger partial charge on any atom is -0.365 e. The lowest BCUT2D eigenvalue weighted by molar-refractivity contribution is 0.309. The third kappa shape index (κ3) is 1.82. The van der Waals surface area contributed by atoms with Gasteiger partial charge in [0.15, 0.2) is 0 Å². The van der Waals surface area contributed by atoms with Crippen LogP contribution in [0.25, 0.3) is 0 Å². The summed E-state index contributed by atoms with van der Waals surface area (Å²) in [5.74, 6) is 0. The van der Waals surface area contributed by atoms with Gasteiger partial charge in [0.25, 0.3) is 0 Å². The quantitative estimate of drug-likeness (QED) is 0.785. The molecule has 0 aromatic heterocycles. The topological polar surface area (TPSA) is 29.3 Å². The molecule has 0 amide bonds. The number of para-hydroxylation sites is 1. The van der Waals surface area contributed by atoms with Crippen molar-refractivity contribution in [2.24, 2.45) is 5.73 Å². The van der Waals surface area contributed by atoms with Gasteiger partial charge in [0.1, 0.15) is 0 Å². The summed E-state index contributed by atoms with van der Waals surface area (Å²) in [4.78, 5) is 2.47. The number of hydrogen-bond acceptors (Lipinski definition) is 2. The number of aryl methyl sites for hydroxylation is 1. The maximum absolute atomic E-state index is 6.25. The van der Waals surface area contributed by atoms with Gasteiger partial charge in [-0.15, -0.1) is 0 Å². The Morgan fingerprint density at radius 3 is 2.69 bits per heavy atom. The van der Waals surface area contributed by atoms with E-state index in [1.807, 2.05) is 0 Å². The normalized spacial score (nSPS) is 24.5. The first kappa shape index (κ1) is 11.5. The van der Waals surface area contributed by atoms with Gasteiger partial charge in [-0.1, -0.05) is 18.2 Å². The van der Waals surface area contributed by atoms with Crippen LogP contribution in [0.1, 0.15) is 32.3 Å². The van der Waals surface area contributed by atoms with Crippen molar-refractivity contribution >= 4 is 5.69 Å². The maximum Gasteiger partial charge on any atom is 0.0496 e. The Kier molecular flexibility index (Phi) is 2.94. The van der Waals surface area contributed by atoms with Crippen molar-refractivity contribution in [2.75, 3.05) is 11.4 Å². The van der Waals surface area contributed by atoms with Crippen LogP contribution in [0.4, 0.5) is 5.69 Å². The summed E-state index contributed by atoms with van der Waals surface area (Å²) in [6, 6.07) is 8.84. The number of hydrogen-bond donors (Lipinski definition) is 1. The van der Waals surface area contributed by atoms with E-state index in [0.29, 0.717) is 0 Å². The van der Waals surface area contributed by atoms with Crippen LogP contribution in [0.5, 0.6) is 0 Å². The standard InChI is InChI=1S/C14H22N2/c1-11-7-4-5-8-12(11)16-10-6-9-13(15)14(16,2)3/h4-5,7-8,13H,6,9-10,15H2,1-3H3. The van der Waals surface area contributed by atoms with Gasteiger partial charge >= 0.3 is 0 Å². The average molecular weight is 218 g/mol. The molecule has 16 heavy (non-hydrogen) atoms. The zero-order valence-corrected chi connectivity index (χ0v) is 10.5. The third-order valence-electron chi connectivity index (χ3n) is 3.91. The Morgan fingerprint density at radius 2 is 2.00 bits per heavy atom. The van der Waals surface area contributed by atoms with Crippen LogP contribution < -0.4 is 10.6 Å². The second-order valence-electron chi connectivity index (χ2n) is 5.34. The van der Waals surface area contributed by atoms with Crippen molar-refractivity contribution in [1.82, 2.24) is 0 Å². The molecule has 2 rings (SSSR count). The van der Waals surface area contributed by atoms with Gasteiger partial charge in [-0.3, -0.25) is 0 Å². The monoisotopic (exact) mass is 218 g/mol. The van der Waals surface area contributed by atoms with Gasteiger partial charge in [0, 0.05) is 23.8 Å². The third-order valence-corrected chi connectivity index (χ3v) is 3.91. The SMILES string of the molecule is Cc1ccccc1N1CCCC(N)C1(C)C. The predicted octanol–water partition coefficient (Wildman–Crippen LogP) is 2.70. The number of benzene rings is 1. The molecule has 1 heterocycles. The van der Waals surface area contributed by atoms with E-state index in [1.165, 1.54) is 17.7 Å². The van der Waals surface area contributed by atoms with Crippen molar-refractivity contribution in [3.05, 3.63) is 29.8 Å². The van der Waals surface area contributed by atoms with E-state index >= 15 is 0 Å². The van der Waals surface area contributed by atoms with Gasteiger partial charge in [-0.25, -0.2) is 0 Å². The molecule has 2 heteroatoms. The van der Waals surface area contributed by atoms with Crippen molar-refractivity contribution in [3.63, 3.8) is 0 Å². The summed E-state index contributed by atoms with van der Waals surface area (Å²) in [6.45, 7) is 7.80. The first-order valence-electron chi connectivity index (χ1n) is 6.12. The van der Waals surface area contributed by atoms with Crippen LogP contribution in [-0.2, 0) is 0 Å². The van der Waals surface area contributed by atoms with Gasteiger partial charge in [0.2, 0.25) is 0 Å². The van der Waals surface area contributed by atoms with E-state index in [2.05, 4.69) is 49.9 Å². The molecule has 1 atom stereocenters. The van der Waals surface area contributed by atoms with Crippen molar-refractivity contribution in [1.29, 1.82) is 0 Å². The van der Waals surface area contributed by atoms with E-state index in [-0.39, 0.29) is 11.6 Å². The number of rotatable bonds is 1. The molecular formula is C14H22N2. The van der Waals surface area contributed by atoms with Gasteiger partial charge in [-0.2, -0.15) is 0 Å². The summed E-state index contributed by atoms with van der Waals surface area (Å²) in [7, 11) is 0. The van der Waals surface area contributed by atoms with Crippen LogP contribution in [0.15, 0.2) is 24.3 Å². The minimum atomic E-state index is 0.0599. The van der Waals surface area contributed by atoms with E-state index in [4.69, 9.17) is 5.73 Å². The molecule has 88 valence electrons. The summed E-state index contributed by atoms with van der Waals surface area (Å²) >= 11 is 0. The molecule has 1 aliphatic heterocycles. The van der Waals surface area contributed by atoms with Crippen LogP contribution in [0.2, 0.25) is 0 Å². The molecule has 1 fully saturated rings. The minimum absolute atomic E-state index is 0.0599. The van der Waals surface area contributed by atoms with E-state index in [0.717, 1.165) is 13.0 Å². The van der Waals surface area contributed by atoms with Crippen LogP contribution >= 0.6 is 0 Å². The molecule has 0 bridgehead atoms. The molecule has 0 aliphatic carbocycles. The van der Waals surface area contributed by atoms with E-state index in [9.17, 15) is 0 Å². The summed E-state index contributed by atoms with van der Waals surface area (Å²) in [6.07, 6.45) is 2.33. The lowest BCUT2D eigenvalue weighted by Crippen LogP contribution is -2.60. The van der Waals surface area contributed by atoms with Gasteiger partial charge in [0.05, 0.1) is 0 Å². The van der Waals surface area contributed by atoms with E-state index < -0.39 is 0 Å². The summed E-state index contributed by atoms with van der Waals surface area (Å²) < 4.78 is 0. The fourth-order valence-corrected chi connectivity index (χ4v) is 2.61. The molecule has 1 unspecified atom stereocenters. The highest BCUT2D eigenvalue weighted by molar-refractivity contribution is 5.55. The highest BCUT2D eigenvalue weighted by Crippen LogP contribution is 2.33. The first-order valence-corrected chi connectivity index (χ1v) is 6.12. The Balaban J connectivity index is 2.36. The largest absolute Gasteiger partial charge is 0.365 e. The maximum atomic E-state index is 6.25. The predicted molar refractivity (Wildman–Crippen MR) is 69.8 cm³/mol. The molecule has 1 saturated heterocycles. The number of piperidine rings is 1. The van der Waals surface area contributed by atoms with Crippen LogP contribution in [0.3, 0.4) is 0 Å². The van der Waals surface area contributed by atoms with Crippen molar-refractivity contribution in [2.45, 2.75) is 45.2 Å². The lowest BCUT2D eigenvalue weighted by atomic mass is 9.85. The average Bonchev–Trinajstić information content (AvgIpc) is 2.24. The Hall–Kier alpha value is -1.02. The molecule has 2 nitrogen and oxygen atoms in total. The molecule has 1 aliphatic rings. The smallest absolute Gasteiger partial charge is 0.0496 e. The Bertz CT molecular complexity index is 371. The van der Waals surface area contributed by atoms with Crippen molar-refractivity contribution < 1.29 is 0 Å². The Morgan fingerprint density at radius 1 is 1.31 bits per heavy atom. The molecule has 0 spiro atoms. The van der Waals surface area contributed by atoms with Crippen LogP contribution in [0, 0.1) is 6.92 Å². The Labute approximate surface area is 98.4 Å². The van der Waals surface area contributed by atoms with Crippen LogP contribution in [-0.4, -0.2) is 18.1 Å². The second-order valence-corrected chi connectivity index (χ2v) is 5.34. The number of nitrogens with two attached hydrogens (primary N) is 1. The highest BCUT2D eigenvalue weighted by Gasteiger charge is 2.36. The van der Waals surface area contributed by atoms with E-state index in [1.54, 1.807) is 0 Å². The second kappa shape index (κ2) is 4.10. The fourth-order valence-electron chi connectivity index (χ4n) is 2.61. The van der Waals surface area contributed by atoms with Crippen molar-refractivity contribution in [3.8, 4) is 0 Å². The lowest BCUT2D eigenvalue weighted by Gasteiger charge is -2.48. The summed E-state index contributed by atoms with van der Waals surface area (Å²) in [5, 5.41) is 0. The fraction of sp³-hybridized carbons (Fsp3) is 0.571. The number of nitrogens with zero attached hydrogens (tertiary/aromatic N) is 1. The molecule has 1 aromatic carbocycles. The molecule has 2 N–H and O–H groups in total. The van der Waals surface area contributed by atoms with Gasteiger partial charge in [-0.05, 0) is 45.2 Å². The highest BCUT2D eigenvalue weighted by atomic mass is 15.2. The summed E-state index contributed by atoms with van der Waals surface area (Å²) in [5.41, 5.74) is 8.98. The zero-order chi connectivity index (χ0) is 11.8. The zero-order valence-electron chi connectivity index (χ0n) is 10.5.